The molecule has 1 aliphatic carbocycles. The van der Waals surface area contributed by atoms with Crippen LogP contribution in [0.25, 0.3) is 22.2 Å². The van der Waals surface area contributed by atoms with E-state index < -0.39 is 21.5 Å². The van der Waals surface area contributed by atoms with Gasteiger partial charge in [0.1, 0.15) is 5.75 Å². The zero-order valence-electron chi connectivity index (χ0n) is 29.1. The number of methoxy groups -OCH3 is 1. The highest BCUT2D eigenvalue weighted by Crippen LogP contribution is 2.53. The number of amides is 2. The van der Waals surface area contributed by atoms with Crippen LogP contribution < -0.4 is 9.46 Å². The van der Waals surface area contributed by atoms with Gasteiger partial charge in [-0.2, -0.15) is 12.7 Å². The van der Waals surface area contributed by atoms with Gasteiger partial charge in [-0.05, 0) is 92.9 Å². The van der Waals surface area contributed by atoms with E-state index in [1.54, 1.807) is 13.2 Å². The molecule has 2 bridgehead atoms. The molecular weight excluding hydrogens is 627 g/mol. The third-order valence-corrected chi connectivity index (χ3v) is 13.3. The van der Waals surface area contributed by atoms with E-state index in [1.165, 1.54) is 26.1 Å². The summed E-state index contributed by atoms with van der Waals surface area (Å²) in [5.74, 6) is 0.481. The van der Waals surface area contributed by atoms with E-state index in [2.05, 4.69) is 52.1 Å². The first-order valence-corrected chi connectivity index (χ1v) is 18.9. The number of fused-ring (bicyclic) bond motifs is 7. The number of benzene rings is 2. The Balaban J connectivity index is 1.45. The SMILES string of the molecule is COc1ccc2c(c1)[C@H](C)[C@@](C)(C(=O)N1C3CCC1CN(C)C3)Cn1c-2c(C2CCCCC2)c2ccc(C(=O)NS(=O)(=O)N(C)C)cc21. The number of nitrogens with zero attached hydrogens (tertiary/aromatic N) is 4. The Morgan fingerprint density at radius 2 is 1.67 bits per heavy atom. The molecule has 2 aromatic carbocycles. The summed E-state index contributed by atoms with van der Waals surface area (Å²) in [5.41, 5.74) is 4.90. The molecule has 258 valence electrons. The smallest absolute Gasteiger partial charge is 0.303 e. The second-order valence-corrected chi connectivity index (χ2v) is 16.9. The Morgan fingerprint density at radius 3 is 2.31 bits per heavy atom. The van der Waals surface area contributed by atoms with Crippen LogP contribution in [0, 0.1) is 5.41 Å². The Bertz CT molecular complexity index is 1870. The van der Waals surface area contributed by atoms with Gasteiger partial charge in [-0.25, -0.2) is 4.72 Å². The first-order chi connectivity index (χ1) is 22.8. The molecule has 3 aromatic rings. The average molecular weight is 676 g/mol. The molecule has 11 heteroatoms. The fourth-order valence-electron chi connectivity index (χ4n) is 9.09. The monoisotopic (exact) mass is 675 g/mol. The normalized spacial score (nSPS) is 26.3. The quantitative estimate of drug-likeness (QED) is 0.379. The molecule has 0 spiro atoms. The summed E-state index contributed by atoms with van der Waals surface area (Å²) in [6.07, 6.45) is 7.75. The van der Waals surface area contributed by atoms with Crippen molar-refractivity contribution in [2.24, 2.45) is 5.41 Å². The van der Waals surface area contributed by atoms with Gasteiger partial charge in [-0.1, -0.05) is 32.3 Å². The predicted octanol–water partition coefficient (Wildman–Crippen LogP) is 5.33. The molecule has 3 fully saturated rings. The highest BCUT2D eigenvalue weighted by atomic mass is 32.2. The predicted molar refractivity (Wildman–Crippen MR) is 187 cm³/mol. The maximum absolute atomic E-state index is 15.1. The van der Waals surface area contributed by atoms with Gasteiger partial charge in [0.2, 0.25) is 5.91 Å². The lowest BCUT2D eigenvalue weighted by molar-refractivity contribution is -0.149. The first kappa shape index (κ1) is 33.1. The molecule has 1 saturated carbocycles. The van der Waals surface area contributed by atoms with E-state index in [1.807, 2.05) is 18.2 Å². The van der Waals surface area contributed by atoms with E-state index in [0.717, 1.165) is 89.4 Å². The van der Waals surface area contributed by atoms with Gasteiger partial charge >= 0.3 is 10.2 Å². The first-order valence-electron chi connectivity index (χ1n) is 17.4. The second-order valence-electron chi connectivity index (χ2n) is 15.0. The van der Waals surface area contributed by atoms with Crippen LogP contribution in [-0.4, -0.2) is 92.3 Å². The summed E-state index contributed by atoms with van der Waals surface area (Å²) in [4.78, 5) is 33.1. The van der Waals surface area contributed by atoms with Gasteiger partial charge in [0, 0.05) is 67.8 Å². The molecule has 1 aromatic heterocycles. The molecular formula is C37H49N5O5S. The summed E-state index contributed by atoms with van der Waals surface area (Å²) in [5, 5.41) is 1.06. The largest absolute Gasteiger partial charge is 0.497 e. The summed E-state index contributed by atoms with van der Waals surface area (Å²) >= 11 is 0. The number of nitrogens with one attached hydrogen (secondary N) is 1. The van der Waals surface area contributed by atoms with Crippen LogP contribution in [0.1, 0.15) is 92.1 Å². The zero-order chi connectivity index (χ0) is 34.1. The zero-order valence-corrected chi connectivity index (χ0v) is 29.9. The van der Waals surface area contributed by atoms with Crippen molar-refractivity contribution in [1.29, 1.82) is 0 Å². The highest BCUT2D eigenvalue weighted by Gasteiger charge is 2.52. The molecule has 3 aliphatic heterocycles. The van der Waals surface area contributed by atoms with Crippen LogP contribution in [0.3, 0.4) is 0 Å². The van der Waals surface area contributed by atoms with Gasteiger partial charge < -0.3 is 19.1 Å². The van der Waals surface area contributed by atoms with E-state index in [0.29, 0.717) is 12.5 Å². The number of hydrogen-bond acceptors (Lipinski definition) is 6. The minimum Gasteiger partial charge on any atom is -0.497 e. The lowest BCUT2D eigenvalue weighted by Crippen LogP contribution is -2.59. The maximum atomic E-state index is 15.1. The van der Waals surface area contributed by atoms with Crippen LogP contribution in [0.2, 0.25) is 0 Å². The molecule has 0 radical (unpaired) electrons. The molecule has 4 atom stereocenters. The Labute approximate surface area is 284 Å². The van der Waals surface area contributed by atoms with Crippen molar-refractivity contribution in [3.63, 3.8) is 0 Å². The van der Waals surface area contributed by atoms with Crippen molar-refractivity contribution in [2.45, 2.75) is 89.3 Å². The van der Waals surface area contributed by atoms with Gasteiger partial charge in [0.25, 0.3) is 5.91 Å². The third kappa shape index (κ3) is 5.33. The number of rotatable bonds is 6. The van der Waals surface area contributed by atoms with Crippen molar-refractivity contribution in [3.05, 3.63) is 53.1 Å². The summed E-state index contributed by atoms with van der Waals surface area (Å²) in [6, 6.07) is 12.2. The lowest BCUT2D eigenvalue weighted by atomic mass is 9.72. The van der Waals surface area contributed by atoms with E-state index >= 15 is 4.79 Å². The number of piperazine rings is 1. The van der Waals surface area contributed by atoms with Crippen molar-refractivity contribution in [2.75, 3.05) is 41.3 Å². The van der Waals surface area contributed by atoms with Crippen LogP contribution in [-0.2, 0) is 21.5 Å². The van der Waals surface area contributed by atoms with E-state index in [9.17, 15) is 13.2 Å². The second kappa shape index (κ2) is 12.2. The van der Waals surface area contributed by atoms with Crippen LogP contribution >= 0.6 is 0 Å². The molecule has 1 N–H and O–H groups in total. The fraction of sp³-hybridized carbons (Fsp3) is 0.568. The number of likely N-dealkylation sites (tertiary alicyclic amines) is 1. The molecule has 7 rings (SSSR count). The summed E-state index contributed by atoms with van der Waals surface area (Å²) < 4.78 is 36.5. The van der Waals surface area contributed by atoms with Gasteiger partial charge in [0.05, 0.1) is 18.2 Å². The Kier molecular flexibility index (Phi) is 8.40. The number of carbonyl (C=O) groups excluding carboxylic acids is 2. The molecule has 2 unspecified atom stereocenters. The topological polar surface area (TPSA) is 104 Å². The highest BCUT2D eigenvalue weighted by molar-refractivity contribution is 7.87. The number of hydrogen-bond donors (Lipinski definition) is 1. The number of likely N-dealkylation sites (N-methyl/N-ethyl adjacent to an activating group) is 1. The van der Waals surface area contributed by atoms with E-state index in [-0.39, 0.29) is 29.5 Å². The average Bonchev–Trinajstić information content (AvgIpc) is 3.50. The molecule has 2 saturated heterocycles. The molecule has 48 heavy (non-hydrogen) atoms. The Hall–Kier alpha value is -3.41. The molecule has 2 amide bonds. The van der Waals surface area contributed by atoms with Crippen molar-refractivity contribution >= 4 is 32.9 Å². The molecule has 10 nitrogen and oxygen atoms in total. The van der Waals surface area contributed by atoms with Crippen LogP contribution in [0.15, 0.2) is 36.4 Å². The summed E-state index contributed by atoms with van der Waals surface area (Å²) in [7, 11) is 2.63. The number of aromatic nitrogens is 1. The van der Waals surface area contributed by atoms with Crippen molar-refractivity contribution in [3.8, 4) is 17.0 Å². The minimum absolute atomic E-state index is 0.125. The Morgan fingerprint density at radius 1 is 0.979 bits per heavy atom. The number of carbonyl (C=O) groups is 2. The maximum Gasteiger partial charge on any atom is 0.303 e. The minimum atomic E-state index is -3.98. The fourth-order valence-corrected chi connectivity index (χ4v) is 9.62. The van der Waals surface area contributed by atoms with Crippen LogP contribution in [0.4, 0.5) is 0 Å². The standard InChI is InChI=1S/C37H49N5O5S/c1-23-31-19-28(47-6)15-17-29(31)34-33(24-10-8-7-9-11-24)30-16-12-25(35(43)38-48(45,46)39(3)4)18-32(30)41(34)22-37(23,2)36(44)42-26-13-14-27(42)21-40(5)20-26/h12,15-19,23-24,26-27H,7-11,13-14,20-22H2,1-6H3,(H,38,43)/t23-,26?,27?,37-/m0/s1. The van der Waals surface area contributed by atoms with Gasteiger partial charge in [-0.3, -0.25) is 9.59 Å². The van der Waals surface area contributed by atoms with Crippen LogP contribution in [0.5, 0.6) is 5.75 Å². The lowest BCUT2D eigenvalue weighted by Gasteiger charge is -2.45. The molecule has 4 aliphatic rings. The van der Waals surface area contributed by atoms with Crippen molar-refractivity contribution < 1.29 is 22.7 Å². The molecule has 4 heterocycles. The van der Waals surface area contributed by atoms with Gasteiger partial charge in [-0.15, -0.1) is 0 Å². The van der Waals surface area contributed by atoms with Gasteiger partial charge in [0.15, 0.2) is 0 Å². The van der Waals surface area contributed by atoms with Crippen molar-refractivity contribution in [1.82, 2.24) is 23.4 Å². The summed E-state index contributed by atoms with van der Waals surface area (Å²) in [6.45, 7) is 6.52. The third-order valence-electron chi connectivity index (χ3n) is 11.9. The van der Waals surface area contributed by atoms with E-state index in [4.69, 9.17) is 4.74 Å². The number of ether oxygens (including phenoxy) is 1.